The monoisotopic (exact) mass is 349 g/mol. The number of nitrogens with zero attached hydrogens (tertiary/aromatic N) is 2. The van der Waals surface area contributed by atoms with Gasteiger partial charge in [0.05, 0.1) is 4.92 Å². The number of nitrogens with one attached hydrogen (secondary N) is 1. The van der Waals surface area contributed by atoms with Gasteiger partial charge in [-0.15, -0.1) is 0 Å². The zero-order valence-corrected chi connectivity index (χ0v) is 13.6. The fourth-order valence-electron chi connectivity index (χ4n) is 1.82. The summed E-state index contributed by atoms with van der Waals surface area (Å²) in [4.78, 5) is 24.0. The van der Waals surface area contributed by atoms with E-state index in [2.05, 4.69) is 5.32 Å². The first kappa shape index (κ1) is 16.9. The van der Waals surface area contributed by atoms with Gasteiger partial charge in [0, 0.05) is 24.4 Å². The van der Waals surface area contributed by atoms with Crippen LogP contribution in [-0.2, 0) is 0 Å². The molecule has 0 aliphatic carbocycles. The van der Waals surface area contributed by atoms with Gasteiger partial charge in [-0.1, -0.05) is 29.8 Å². The van der Waals surface area contributed by atoms with E-state index in [4.69, 9.17) is 23.8 Å². The summed E-state index contributed by atoms with van der Waals surface area (Å²) in [5, 5.41) is 13.5. The lowest BCUT2D eigenvalue weighted by Gasteiger charge is -2.20. The highest BCUT2D eigenvalue weighted by Crippen LogP contribution is 2.25. The van der Waals surface area contributed by atoms with Gasteiger partial charge in [0.15, 0.2) is 5.11 Å². The average Bonchev–Trinajstić information content (AvgIpc) is 2.54. The van der Waals surface area contributed by atoms with E-state index in [0.717, 1.165) is 11.8 Å². The molecule has 0 atom stereocenters. The molecule has 8 heteroatoms. The molecular formula is C15H12ClN3O3S. The SMILES string of the molecule is CN(C(=S)NC(=O)c1ccc(Cl)c([N+](=O)[O-])c1)c1ccccc1. The van der Waals surface area contributed by atoms with Crippen molar-refractivity contribution in [2.45, 2.75) is 0 Å². The second-order valence-electron chi connectivity index (χ2n) is 4.58. The van der Waals surface area contributed by atoms with E-state index in [1.165, 1.54) is 12.1 Å². The lowest BCUT2D eigenvalue weighted by molar-refractivity contribution is -0.384. The molecule has 0 aliphatic heterocycles. The Morgan fingerprint density at radius 2 is 1.91 bits per heavy atom. The number of thiocarbonyl (C=S) groups is 1. The van der Waals surface area contributed by atoms with Gasteiger partial charge in [0.2, 0.25) is 0 Å². The third-order valence-corrected chi connectivity index (χ3v) is 3.77. The van der Waals surface area contributed by atoms with Gasteiger partial charge in [-0.3, -0.25) is 20.2 Å². The third kappa shape index (κ3) is 4.02. The molecule has 2 rings (SSSR count). The molecule has 0 saturated carbocycles. The van der Waals surface area contributed by atoms with E-state index in [1.54, 1.807) is 11.9 Å². The number of carbonyl (C=O) groups excluding carboxylic acids is 1. The molecule has 0 saturated heterocycles. The topological polar surface area (TPSA) is 75.5 Å². The van der Waals surface area contributed by atoms with Crippen LogP contribution in [0.15, 0.2) is 48.5 Å². The van der Waals surface area contributed by atoms with Gasteiger partial charge < -0.3 is 4.90 Å². The summed E-state index contributed by atoms with van der Waals surface area (Å²) in [7, 11) is 1.71. The smallest absolute Gasteiger partial charge is 0.288 e. The van der Waals surface area contributed by atoms with Crippen LogP contribution in [0.25, 0.3) is 0 Å². The largest absolute Gasteiger partial charge is 0.322 e. The number of hydrogen-bond donors (Lipinski definition) is 1. The Morgan fingerprint density at radius 3 is 2.52 bits per heavy atom. The number of anilines is 1. The van der Waals surface area contributed by atoms with E-state index in [0.29, 0.717) is 0 Å². The molecule has 1 N–H and O–H groups in total. The van der Waals surface area contributed by atoms with Crippen molar-refractivity contribution in [1.29, 1.82) is 0 Å². The number of carbonyl (C=O) groups is 1. The number of nitro benzene ring substituents is 1. The zero-order chi connectivity index (χ0) is 17.0. The molecule has 1 amide bonds. The third-order valence-electron chi connectivity index (χ3n) is 3.07. The number of nitro groups is 1. The molecule has 0 radical (unpaired) electrons. The van der Waals surface area contributed by atoms with Crippen LogP contribution in [0.3, 0.4) is 0 Å². The number of amides is 1. The molecule has 0 spiro atoms. The molecule has 2 aromatic rings. The standard InChI is InChI=1S/C15H12ClN3O3S/c1-18(11-5-3-2-4-6-11)15(23)17-14(20)10-7-8-12(16)13(9-10)19(21)22/h2-9H,1H3,(H,17,20,23). The highest BCUT2D eigenvalue weighted by Gasteiger charge is 2.18. The Bertz CT molecular complexity index is 768. The summed E-state index contributed by atoms with van der Waals surface area (Å²) in [6.07, 6.45) is 0. The van der Waals surface area contributed by atoms with Gasteiger partial charge in [-0.2, -0.15) is 0 Å². The van der Waals surface area contributed by atoms with Crippen LogP contribution in [0.5, 0.6) is 0 Å². The van der Waals surface area contributed by atoms with Crippen LogP contribution in [0.4, 0.5) is 11.4 Å². The Kier molecular flexibility index (Phi) is 5.25. The normalized spacial score (nSPS) is 10.0. The van der Waals surface area contributed by atoms with E-state index in [9.17, 15) is 14.9 Å². The number of benzene rings is 2. The summed E-state index contributed by atoms with van der Waals surface area (Å²) >= 11 is 10.9. The van der Waals surface area contributed by atoms with Crippen LogP contribution in [0.1, 0.15) is 10.4 Å². The van der Waals surface area contributed by atoms with Crippen LogP contribution in [0.2, 0.25) is 5.02 Å². The Balaban J connectivity index is 2.14. The average molecular weight is 350 g/mol. The zero-order valence-electron chi connectivity index (χ0n) is 12.0. The summed E-state index contributed by atoms with van der Waals surface area (Å²) in [6, 6.07) is 13.1. The van der Waals surface area contributed by atoms with Crippen molar-refractivity contribution >= 4 is 46.2 Å². The number of para-hydroxylation sites is 1. The molecule has 0 aromatic heterocycles. The quantitative estimate of drug-likeness (QED) is 0.522. The van der Waals surface area contributed by atoms with Crippen molar-refractivity contribution < 1.29 is 9.72 Å². The Labute approximate surface area is 142 Å². The highest BCUT2D eigenvalue weighted by molar-refractivity contribution is 7.80. The van der Waals surface area contributed by atoms with Gasteiger partial charge in [0.25, 0.3) is 11.6 Å². The predicted molar refractivity (Wildman–Crippen MR) is 93.0 cm³/mol. The maximum absolute atomic E-state index is 12.2. The summed E-state index contributed by atoms with van der Waals surface area (Å²) in [5.41, 5.74) is 0.575. The summed E-state index contributed by atoms with van der Waals surface area (Å²) < 4.78 is 0. The lowest BCUT2D eigenvalue weighted by Crippen LogP contribution is -2.40. The number of hydrogen-bond acceptors (Lipinski definition) is 4. The lowest BCUT2D eigenvalue weighted by atomic mass is 10.2. The molecule has 6 nitrogen and oxygen atoms in total. The number of halogens is 1. The molecule has 0 fully saturated rings. The minimum Gasteiger partial charge on any atom is -0.322 e. The minimum absolute atomic E-state index is 0.0319. The minimum atomic E-state index is -0.645. The van der Waals surface area contributed by atoms with E-state index >= 15 is 0 Å². The fraction of sp³-hybridized carbons (Fsp3) is 0.0667. The second kappa shape index (κ2) is 7.17. The molecule has 0 heterocycles. The maximum atomic E-state index is 12.2. The Morgan fingerprint density at radius 1 is 1.26 bits per heavy atom. The van der Waals surface area contributed by atoms with Crippen molar-refractivity contribution in [2.24, 2.45) is 0 Å². The van der Waals surface area contributed by atoms with Crippen molar-refractivity contribution in [3.8, 4) is 0 Å². The van der Waals surface area contributed by atoms with E-state index < -0.39 is 10.8 Å². The van der Waals surface area contributed by atoms with Crippen LogP contribution < -0.4 is 10.2 Å². The molecule has 0 bridgehead atoms. The van der Waals surface area contributed by atoms with Crippen molar-refractivity contribution in [1.82, 2.24) is 5.32 Å². The van der Waals surface area contributed by atoms with Gasteiger partial charge in [-0.05, 0) is 36.5 Å². The highest BCUT2D eigenvalue weighted by atomic mass is 35.5. The Hall–Kier alpha value is -2.51. The van der Waals surface area contributed by atoms with Gasteiger partial charge in [0.1, 0.15) is 5.02 Å². The molecule has 23 heavy (non-hydrogen) atoms. The van der Waals surface area contributed by atoms with Crippen molar-refractivity contribution in [3.63, 3.8) is 0 Å². The molecule has 2 aromatic carbocycles. The predicted octanol–water partition coefficient (Wildman–Crippen LogP) is 3.40. The fourth-order valence-corrected chi connectivity index (χ4v) is 2.20. The first-order valence-corrected chi connectivity index (χ1v) is 7.27. The van der Waals surface area contributed by atoms with Crippen LogP contribution in [-0.4, -0.2) is 23.0 Å². The van der Waals surface area contributed by atoms with E-state index in [-0.39, 0.29) is 21.4 Å². The first-order valence-electron chi connectivity index (χ1n) is 6.48. The van der Waals surface area contributed by atoms with Crippen LogP contribution >= 0.6 is 23.8 Å². The van der Waals surface area contributed by atoms with Crippen molar-refractivity contribution in [2.75, 3.05) is 11.9 Å². The second-order valence-corrected chi connectivity index (χ2v) is 5.37. The first-order chi connectivity index (χ1) is 10.9. The van der Waals surface area contributed by atoms with Gasteiger partial charge in [-0.25, -0.2) is 0 Å². The van der Waals surface area contributed by atoms with Crippen LogP contribution in [0, 0.1) is 10.1 Å². The molecular weight excluding hydrogens is 338 g/mol. The van der Waals surface area contributed by atoms with E-state index in [1.807, 2.05) is 30.3 Å². The van der Waals surface area contributed by atoms with Crippen molar-refractivity contribution in [3.05, 3.63) is 69.2 Å². The molecule has 0 aliphatic rings. The molecule has 0 unspecified atom stereocenters. The summed E-state index contributed by atoms with van der Waals surface area (Å²) in [6.45, 7) is 0. The number of rotatable bonds is 3. The summed E-state index contributed by atoms with van der Waals surface area (Å²) in [5.74, 6) is -0.544. The maximum Gasteiger partial charge on any atom is 0.288 e. The van der Waals surface area contributed by atoms with Gasteiger partial charge >= 0.3 is 0 Å². The molecule has 118 valence electrons.